The summed E-state index contributed by atoms with van der Waals surface area (Å²) in [7, 11) is 0. The van der Waals surface area contributed by atoms with Gasteiger partial charge >= 0.3 is 0 Å². The van der Waals surface area contributed by atoms with Crippen molar-refractivity contribution in [1.29, 1.82) is 0 Å². The van der Waals surface area contributed by atoms with E-state index < -0.39 is 0 Å². The minimum Gasteiger partial charge on any atom is -0.350 e. The molecule has 0 aliphatic heterocycles. The molecule has 0 saturated carbocycles. The van der Waals surface area contributed by atoms with E-state index in [0.29, 0.717) is 35.8 Å². The average Bonchev–Trinajstić information content (AvgIpc) is 3.24. The van der Waals surface area contributed by atoms with E-state index in [9.17, 15) is 9.59 Å². The van der Waals surface area contributed by atoms with Crippen molar-refractivity contribution in [2.45, 2.75) is 33.1 Å². The lowest BCUT2D eigenvalue weighted by atomic mass is 9.94. The zero-order chi connectivity index (χ0) is 20.1. The number of carbonyl (C=O) groups excluding carboxylic acids is 2. The van der Waals surface area contributed by atoms with Crippen molar-refractivity contribution in [3.63, 3.8) is 0 Å². The number of rotatable bonds is 7. The summed E-state index contributed by atoms with van der Waals surface area (Å²) in [5.41, 5.74) is 5.58. The number of thiazole rings is 1. The van der Waals surface area contributed by atoms with Gasteiger partial charge in [-0.25, -0.2) is 4.98 Å². The van der Waals surface area contributed by atoms with Crippen LogP contribution in [0.5, 0.6) is 0 Å². The van der Waals surface area contributed by atoms with E-state index in [-0.39, 0.29) is 11.8 Å². The van der Waals surface area contributed by atoms with E-state index in [0.717, 1.165) is 17.4 Å². The Morgan fingerprint density at radius 3 is 2.50 bits per heavy atom. The molecule has 0 aliphatic rings. The standard InChI is InChI=1S/C21H24N4O2S/c1-4-14-9-16-15(13(2)3)5-6-22-19(16)17(10-14)20(26)23-7-8-24-21(27)18-11-28-12-25-18/h5-6,9-13H,4,7-8H2,1-3H3,(H,23,26)(H,24,27). The second-order valence-electron chi connectivity index (χ2n) is 6.83. The number of amides is 2. The van der Waals surface area contributed by atoms with Gasteiger partial charge in [0.25, 0.3) is 11.8 Å². The van der Waals surface area contributed by atoms with Crippen LogP contribution < -0.4 is 10.6 Å². The monoisotopic (exact) mass is 396 g/mol. The smallest absolute Gasteiger partial charge is 0.270 e. The lowest BCUT2D eigenvalue weighted by Crippen LogP contribution is -2.35. The molecule has 0 aliphatic carbocycles. The molecule has 0 spiro atoms. The van der Waals surface area contributed by atoms with Crippen molar-refractivity contribution in [3.05, 3.63) is 57.7 Å². The van der Waals surface area contributed by atoms with E-state index >= 15 is 0 Å². The Hall–Kier alpha value is -2.80. The predicted molar refractivity (Wildman–Crippen MR) is 112 cm³/mol. The van der Waals surface area contributed by atoms with Crippen LogP contribution in [-0.2, 0) is 6.42 Å². The number of fused-ring (bicyclic) bond motifs is 1. The van der Waals surface area contributed by atoms with Gasteiger partial charge in [-0.2, -0.15) is 0 Å². The summed E-state index contributed by atoms with van der Waals surface area (Å²) in [5, 5.41) is 8.35. The molecule has 0 atom stereocenters. The molecular weight excluding hydrogens is 372 g/mol. The van der Waals surface area contributed by atoms with Crippen molar-refractivity contribution in [3.8, 4) is 0 Å². The third-order valence-corrected chi connectivity index (χ3v) is 5.16. The van der Waals surface area contributed by atoms with Gasteiger partial charge in [-0.1, -0.05) is 20.8 Å². The first-order valence-electron chi connectivity index (χ1n) is 9.37. The number of hydrogen-bond donors (Lipinski definition) is 2. The van der Waals surface area contributed by atoms with Crippen molar-refractivity contribution in [2.75, 3.05) is 13.1 Å². The van der Waals surface area contributed by atoms with E-state index in [1.807, 2.05) is 12.1 Å². The van der Waals surface area contributed by atoms with Crippen LogP contribution in [-0.4, -0.2) is 34.9 Å². The number of aryl methyl sites for hydroxylation is 1. The SMILES string of the molecule is CCc1cc(C(=O)NCCNC(=O)c2cscn2)c2nccc(C(C)C)c2c1. The maximum atomic E-state index is 12.8. The number of pyridine rings is 1. The Bertz CT molecular complexity index is 983. The van der Waals surface area contributed by atoms with E-state index in [1.54, 1.807) is 17.1 Å². The summed E-state index contributed by atoms with van der Waals surface area (Å²) in [6, 6.07) is 6.05. The Labute approximate surface area is 168 Å². The topological polar surface area (TPSA) is 84.0 Å². The number of carbonyl (C=O) groups is 2. The van der Waals surface area contributed by atoms with Crippen molar-refractivity contribution >= 4 is 34.1 Å². The van der Waals surface area contributed by atoms with Gasteiger partial charge < -0.3 is 10.6 Å². The molecule has 1 aromatic carbocycles. The lowest BCUT2D eigenvalue weighted by Gasteiger charge is -2.14. The number of benzene rings is 1. The van der Waals surface area contributed by atoms with Crippen LogP contribution in [0.1, 0.15) is 58.7 Å². The summed E-state index contributed by atoms with van der Waals surface area (Å²) in [6.45, 7) is 7.01. The summed E-state index contributed by atoms with van der Waals surface area (Å²) >= 11 is 1.37. The minimum absolute atomic E-state index is 0.184. The third-order valence-electron chi connectivity index (χ3n) is 4.57. The van der Waals surface area contributed by atoms with Gasteiger partial charge in [0, 0.05) is 30.1 Å². The highest BCUT2D eigenvalue weighted by Gasteiger charge is 2.16. The van der Waals surface area contributed by atoms with Gasteiger partial charge in [0.05, 0.1) is 16.6 Å². The van der Waals surface area contributed by atoms with E-state index in [1.165, 1.54) is 16.9 Å². The Morgan fingerprint density at radius 1 is 1.11 bits per heavy atom. The predicted octanol–water partition coefficient (Wildman–Crippen LogP) is 3.54. The summed E-state index contributed by atoms with van der Waals surface area (Å²) < 4.78 is 0. The zero-order valence-corrected chi connectivity index (χ0v) is 17.1. The molecule has 3 rings (SSSR count). The molecular formula is C21H24N4O2S. The normalized spacial score (nSPS) is 11.0. The zero-order valence-electron chi connectivity index (χ0n) is 16.3. The van der Waals surface area contributed by atoms with E-state index in [4.69, 9.17) is 0 Å². The molecule has 0 unspecified atom stereocenters. The summed E-state index contributed by atoms with van der Waals surface area (Å²) in [4.78, 5) is 33.1. The van der Waals surface area contributed by atoms with Crippen molar-refractivity contribution in [2.24, 2.45) is 0 Å². The van der Waals surface area contributed by atoms with Crippen LogP contribution in [0, 0.1) is 0 Å². The number of nitrogens with zero attached hydrogens (tertiary/aromatic N) is 2. The number of nitrogens with one attached hydrogen (secondary N) is 2. The molecule has 28 heavy (non-hydrogen) atoms. The van der Waals surface area contributed by atoms with Crippen LogP contribution in [0.3, 0.4) is 0 Å². The highest BCUT2D eigenvalue weighted by Crippen LogP contribution is 2.27. The number of aromatic nitrogens is 2. The second-order valence-corrected chi connectivity index (χ2v) is 7.55. The van der Waals surface area contributed by atoms with Gasteiger partial charge in [-0.3, -0.25) is 14.6 Å². The molecule has 0 fully saturated rings. The summed E-state index contributed by atoms with van der Waals surface area (Å²) in [6.07, 6.45) is 2.60. The molecule has 6 nitrogen and oxygen atoms in total. The van der Waals surface area contributed by atoms with Crippen molar-refractivity contribution in [1.82, 2.24) is 20.6 Å². The molecule has 0 saturated heterocycles. The summed E-state index contributed by atoms with van der Waals surface area (Å²) in [5.74, 6) is -0.0803. The number of hydrogen-bond acceptors (Lipinski definition) is 5. The third kappa shape index (κ3) is 4.36. The maximum Gasteiger partial charge on any atom is 0.270 e. The lowest BCUT2D eigenvalue weighted by molar-refractivity contribution is 0.0926. The fourth-order valence-electron chi connectivity index (χ4n) is 3.08. The van der Waals surface area contributed by atoms with Crippen LogP contribution in [0.4, 0.5) is 0 Å². The largest absolute Gasteiger partial charge is 0.350 e. The van der Waals surface area contributed by atoms with Crippen LogP contribution >= 0.6 is 11.3 Å². The quantitative estimate of drug-likeness (QED) is 0.598. The average molecular weight is 397 g/mol. The Morgan fingerprint density at radius 2 is 1.86 bits per heavy atom. The highest BCUT2D eigenvalue weighted by atomic mass is 32.1. The van der Waals surface area contributed by atoms with Crippen molar-refractivity contribution < 1.29 is 9.59 Å². The van der Waals surface area contributed by atoms with Crippen LogP contribution in [0.25, 0.3) is 10.9 Å². The van der Waals surface area contributed by atoms with Gasteiger partial charge in [0.2, 0.25) is 0 Å². The van der Waals surface area contributed by atoms with E-state index in [2.05, 4.69) is 47.4 Å². The van der Waals surface area contributed by atoms with Gasteiger partial charge in [-0.15, -0.1) is 11.3 Å². The molecule has 2 aromatic heterocycles. The Balaban J connectivity index is 1.74. The molecule has 2 amide bonds. The first kappa shape index (κ1) is 19.9. The first-order chi connectivity index (χ1) is 13.5. The molecule has 2 heterocycles. The fraction of sp³-hybridized carbons (Fsp3) is 0.333. The molecule has 0 bridgehead atoms. The Kier molecular flexibility index (Phi) is 6.36. The molecule has 2 N–H and O–H groups in total. The molecule has 3 aromatic rings. The molecule has 7 heteroatoms. The van der Waals surface area contributed by atoms with Gasteiger partial charge in [0.15, 0.2) is 0 Å². The highest BCUT2D eigenvalue weighted by molar-refractivity contribution is 7.07. The first-order valence-corrected chi connectivity index (χ1v) is 10.3. The van der Waals surface area contributed by atoms with Crippen LogP contribution in [0.15, 0.2) is 35.3 Å². The van der Waals surface area contributed by atoms with Gasteiger partial charge in [-0.05, 0) is 41.7 Å². The fourth-order valence-corrected chi connectivity index (χ4v) is 3.61. The van der Waals surface area contributed by atoms with Gasteiger partial charge in [0.1, 0.15) is 5.69 Å². The minimum atomic E-state index is -0.239. The van der Waals surface area contributed by atoms with Crippen LogP contribution in [0.2, 0.25) is 0 Å². The second kappa shape index (κ2) is 8.93. The molecule has 146 valence electrons. The maximum absolute atomic E-state index is 12.8. The molecule has 0 radical (unpaired) electrons.